The Morgan fingerprint density at radius 2 is 0.792 bits per heavy atom. The average molecular weight is 676 g/mol. The van der Waals surface area contributed by atoms with Gasteiger partial charge >= 0.3 is 0 Å². The van der Waals surface area contributed by atoms with Crippen molar-refractivity contribution in [3.63, 3.8) is 0 Å². The number of hydrogen-bond donors (Lipinski definition) is 0. The van der Waals surface area contributed by atoms with Crippen molar-refractivity contribution in [2.45, 2.75) is 19.3 Å². The first-order chi connectivity index (χ1) is 26.0. The Morgan fingerprint density at radius 3 is 1.42 bits per heavy atom. The summed E-state index contributed by atoms with van der Waals surface area (Å²) in [5, 5.41) is 4.88. The van der Waals surface area contributed by atoms with Crippen molar-refractivity contribution >= 4 is 21.5 Å². The van der Waals surface area contributed by atoms with Crippen LogP contribution in [0.3, 0.4) is 0 Å². The third kappa shape index (κ3) is 5.12. The van der Waals surface area contributed by atoms with E-state index in [1.807, 2.05) is 6.20 Å². The molecule has 0 unspecified atom stereocenters. The van der Waals surface area contributed by atoms with Gasteiger partial charge < -0.3 is 0 Å². The van der Waals surface area contributed by atoms with Crippen molar-refractivity contribution in [1.29, 1.82) is 0 Å². The molecular weight excluding hydrogens is 639 g/mol. The highest BCUT2D eigenvalue weighted by molar-refractivity contribution is 6.21. The van der Waals surface area contributed by atoms with Crippen LogP contribution in [0.2, 0.25) is 0 Å². The van der Waals surface area contributed by atoms with Gasteiger partial charge in [-0.3, -0.25) is 4.98 Å². The highest BCUT2D eigenvalue weighted by atomic mass is 14.7. The molecule has 0 N–H and O–H groups in total. The SMILES string of the molecule is CC1(C)c2ccccc2-c2ccc(-c3ccc(-c4ccc(-c5c6ccccc6c(-c6ccc(-c7ccccc7)cc6)c6ccccc56)nc4)cc3)cc21. The normalized spacial score (nSPS) is 12.9. The zero-order valence-corrected chi connectivity index (χ0v) is 29.8. The molecule has 53 heavy (non-hydrogen) atoms. The molecule has 0 saturated carbocycles. The van der Waals surface area contributed by atoms with Crippen molar-refractivity contribution in [3.8, 4) is 66.9 Å². The number of nitrogens with zero attached hydrogens (tertiary/aromatic N) is 1. The molecule has 1 heteroatoms. The van der Waals surface area contributed by atoms with Gasteiger partial charge in [-0.1, -0.05) is 184 Å². The van der Waals surface area contributed by atoms with Gasteiger partial charge in [-0.25, -0.2) is 0 Å². The Hall–Kier alpha value is -6.57. The fraction of sp³-hybridized carbons (Fsp3) is 0.0577. The molecule has 0 radical (unpaired) electrons. The first kappa shape index (κ1) is 31.2. The molecule has 1 aliphatic carbocycles. The molecule has 0 atom stereocenters. The summed E-state index contributed by atoms with van der Waals surface area (Å²) in [5.41, 5.74) is 17.3. The minimum absolute atomic E-state index is 0.0135. The van der Waals surface area contributed by atoms with E-state index < -0.39 is 0 Å². The summed E-state index contributed by atoms with van der Waals surface area (Å²) in [4.78, 5) is 5.13. The van der Waals surface area contributed by atoms with Crippen molar-refractivity contribution in [2.75, 3.05) is 0 Å². The number of pyridine rings is 1. The van der Waals surface area contributed by atoms with E-state index in [9.17, 15) is 0 Å². The number of rotatable bonds is 5. The zero-order valence-electron chi connectivity index (χ0n) is 29.8. The highest BCUT2D eigenvalue weighted by Gasteiger charge is 2.35. The molecule has 1 heterocycles. The lowest BCUT2D eigenvalue weighted by Gasteiger charge is -2.22. The van der Waals surface area contributed by atoms with Gasteiger partial charge in [-0.15, -0.1) is 0 Å². The molecule has 0 fully saturated rings. The summed E-state index contributed by atoms with van der Waals surface area (Å²) in [6.45, 7) is 4.68. The maximum absolute atomic E-state index is 5.13. The second-order valence-electron chi connectivity index (χ2n) is 14.7. The molecule has 250 valence electrons. The van der Waals surface area contributed by atoms with Gasteiger partial charge in [0.2, 0.25) is 0 Å². The lowest BCUT2D eigenvalue weighted by molar-refractivity contribution is 0.660. The molecule has 0 saturated heterocycles. The number of benzene rings is 8. The second-order valence-corrected chi connectivity index (χ2v) is 14.7. The Morgan fingerprint density at radius 1 is 0.340 bits per heavy atom. The Bertz CT molecular complexity index is 2750. The highest BCUT2D eigenvalue weighted by Crippen LogP contribution is 2.49. The van der Waals surface area contributed by atoms with Crippen molar-refractivity contribution in [2.24, 2.45) is 0 Å². The monoisotopic (exact) mass is 675 g/mol. The fourth-order valence-corrected chi connectivity index (χ4v) is 8.63. The van der Waals surface area contributed by atoms with Crippen LogP contribution in [-0.4, -0.2) is 4.98 Å². The summed E-state index contributed by atoms with van der Waals surface area (Å²) in [5.74, 6) is 0. The summed E-state index contributed by atoms with van der Waals surface area (Å²) < 4.78 is 0. The van der Waals surface area contributed by atoms with Crippen LogP contribution in [0.5, 0.6) is 0 Å². The van der Waals surface area contributed by atoms with Crippen LogP contribution in [0.1, 0.15) is 25.0 Å². The molecule has 0 bridgehead atoms. The fourth-order valence-electron chi connectivity index (χ4n) is 8.63. The van der Waals surface area contributed by atoms with Crippen LogP contribution < -0.4 is 0 Å². The topological polar surface area (TPSA) is 12.9 Å². The van der Waals surface area contributed by atoms with Gasteiger partial charge in [0.25, 0.3) is 0 Å². The summed E-state index contributed by atoms with van der Waals surface area (Å²) in [6, 6.07) is 66.2. The smallest absolute Gasteiger partial charge is 0.0714 e. The van der Waals surface area contributed by atoms with Gasteiger partial charge in [0.05, 0.1) is 5.69 Å². The van der Waals surface area contributed by atoms with E-state index >= 15 is 0 Å². The molecule has 1 aromatic heterocycles. The molecule has 8 aromatic carbocycles. The standard InChI is InChI=1S/C52H37N/c1-52(2)47-19-11-10-14-41(47)42-30-28-39(32-48(42)52)36-20-22-37(23-21-36)40-29-31-49(53-33-40)51-45-17-8-6-15-43(45)50(44-16-7-9-18-46(44)51)38-26-24-35(25-27-38)34-12-4-3-5-13-34/h3-33H,1-2H3. The van der Waals surface area contributed by atoms with E-state index in [4.69, 9.17) is 4.98 Å². The molecule has 0 amide bonds. The zero-order chi connectivity index (χ0) is 35.5. The second kappa shape index (κ2) is 12.3. The maximum atomic E-state index is 5.13. The predicted octanol–water partition coefficient (Wildman–Crippen LogP) is 14.0. The minimum Gasteiger partial charge on any atom is -0.256 e. The Labute approximate surface area is 310 Å². The van der Waals surface area contributed by atoms with Gasteiger partial charge in [0.1, 0.15) is 0 Å². The van der Waals surface area contributed by atoms with Gasteiger partial charge in [0.15, 0.2) is 0 Å². The Balaban J connectivity index is 0.995. The van der Waals surface area contributed by atoms with Gasteiger partial charge in [-0.2, -0.15) is 0 Å². The van der Waals surface area contributed by atoms with Crippen LogP contribution in [0, 0.1) is 0 Å². The van der Waals surface area contributed by atoms with Crippen LogP contribution in [0.25, 0.3) is 88.4 Å². The molecule has 10 rings (SSSR count). The van der Waals surface area contributed by atoms with E-state index in [1.165, 1.54) is 82.7 Å². The van der Waals surface area contributed by atoms with E-state index in [1.54, 1.807) is 0 Å². The maximum Gasteiger partial charge on any atom is 0.0714 e. The molecule has 9 aromatic rings. The van der Waals surface area contributed by atoms with Crippen LogP contribution in [0.15, 0.2) is 188 Å². The van der Waals surface area contributed by atoms with Gasteiger partial charge in [-0.05, 0) is 94.9 Å². The first-order valence-electron chi connectivity index (χ1n) is 18.5. The molecular formula is C52H37N. The number of hydrogen-bond acceptors (Lipinski definition) is 1. The molecule has 0 spiro atoms. The minimum atomic E-state index is -0.0135. The lowest BCUT2D eigenvalue weighted by Crippen LogP contribution is -2.14. The third-order valence-corrected chi connectivity index (χ3v) is 11.4. The molecule has 1 nitrogen and oxygen atoms in total. The van der Waals surface area contributed by atoms with E-state index in [-0.39, 0.29) is 5.41 Å². The number of fused-ring (bicyclic) bond motifs is 5. The summed E-state index contributed by atoms with van der Waals surface area (Å²) >= 11 is 0. The first-order valence-corrected chi connectivity index (χ1v) is 18.5. The van der Waals surface area contributed by atoms with Crippen LogP contribution in [0.4, 0.5) is 0 Å². The largest absolute Gasteiger partial charge is 0.256 e. The molecule has 0 aliphatic heterocycles. The van der Waals surface area contributed by atoms with Crippen molar-refractivity contribution in [1.82, 2.24) is 4.98 Å². The summed E-state index contributed by atoms with van der Waals surface area (Å²) in [6.07, 6.45) is 2.03. The van der Waals surface area contributed by atoms with Crippen molar-refractivity contribution < 1.29 is 0 Å². The van der Waals surface area contributed by atoms with E-state index in [0.717, 1.165) is 16.8 Å². The molecule has 1 aliphatic rings. The van der Waals surface area contributed by atoms with E-state index in [0.29, 0.717) is 0 Å². The Kier molecular flexibility index (Phi) is 7.23. The average Bonchev–Trinajstić information content (AvgIpc) is 3.46. The van der Waals surface area contributed by atoms with E-state index in [2.05, 4.69) is 196 Å². The summed E-state index contributed by atoms with van der Waals surface area (Å²) in [7, 11) is 0. The van der Waals surface area contributed by atoms with Crippen LogP contribution >= 0.6 is 0 Å². The number of aromatic nitrogens is 1. The lowest BCUT2D eigenvalue weighted by atomic mass is 9.81. The quantitative estimate of drug-likeness (QED) is 0.165. The third-order valence-electron chi connectivity index (χ3n) is 11.4. The van der Waals surface area contributed by atoms with Crippen molar-refractivity contribution in [3.05, 3.63) is 199 Å². The van der Waals surface area contributed by atoms with Crippen LogP contribution in [-0.2, 0) is 5.41 Å². The van der Waals surface area contributed by atoms with Gasteiger partial charge in [0, 0.05) is 22.7 Å². The predicted molar refractivity (Wildman–Crippen MR) is 224 cm³/mol.